The highest BCUT2D eigenvalue weighted by molar-refractivity contribution is 5.95. The van der Waals surface area contributed by atoms with E-state index in [1.807, 2.05) is 18.7 Å². The molecule has 37 heavy (non-hydrogen) atoms. The predicted octanol–water partition coefficient (Wildman–Crippen LogP) is 4.00. The average Bonchev–Trinajstić information content (AvgIpc) is 2.89. The van der Waals surface area contributed by atoms with Crippen molar-refractivity contribution in [2.45, 2.75) is 84.0 Å². The summed E-state index contributed by atoms with van der Waals surface area (Å²) in [5.41, 5.74) is 5.61. The molecule has 3 heterocycles. The van der Waals surface area contributed by atoms with Gasteiger partial charge in [-0.25, -0.2) is 0 Å². The number of piperidine rings is 1. The molecular weight excluding hydrogens is 466 g/mol. The lowest BCUT2D eigenvalue weighted by atomic mass is 9.87. The number of hydrogen-bond donors (Lipinski definition) is 2. The first-order valence-corrected chi connectivity index (χ1v) is 13.5. The summed E-state index contributed by atoms with van der Waals surface area (Å²) < 4.78 is 11.1. The fourth-order valence-electron chi connectivity index (χ4n) is 5.25. The SMILES string of the molecule is COC1COCCC1NC1CCN(C(=O)c2nnc(C)c(NCc3ccc(C(C)(C)C)cc3)c2C)CC1. The molecule has 2 fully saturated rings. The summed E-state index contributed by atoms with van der Waals surface area (Å²) in [4.78, 5) is 15.3. The third-order valence-electron chi connectivity index (χ3n) is 7.72. The Morgan fingerprint density at radius 3 is 2.46 bits per heavy atom. The van der Waals surface area contributed by atoms with Crippen molar-refractivity contribution in [2.24, 2.45) is 0 Å². The minimum absolute atomic E-state index is 0.0399. The number of methoxy groups -OCH3 is 1. The molecule has 2 aliphatic rings. The molecule has 2 saturated heterocycles. The number of likely N-dealkylation sites (tertiary alicyclic amines) is 1. The summed E-state index contributed by atoms with van der Waals surface area (Å²) in [6.45, 7) is 14.0. The number of aryl methyl sites for hydroxylation is 1. The second-order valence-corrected chi connectivity index (χ2v) is 11.4. The van der Waals surface area contributed by atoms with Crippen molar-refractivity contribution in [3.63, 3.8) is 0 Å². The van der Waals surface area contributed by atoms with Crippen molar-refractivity contribution < 1.29 is 14.3 Å². The molecule has 1 aromatic carbocycles. The first kappa shape index (κ1) is 27.5. The zero-order valence-electron chi connectivity index (χ0n) is 23.3. The Kier molecular flexibility index (Phi) is 8.82. The van der Waals surface area contributed by atoms with Gasteiger partial charge >= 0.3 is 0 Å². The Morgan fingerprint density at radius 1 is 1.11 bits per heavy atom. The number of ether oxygens (including phenoxy) is 2. The molecule has 8 heteroatoms. The molecule has 2 aromatic rings. The summed E-state index contributed by atoms with van der Waals surface area (Å²) in [5, 5.41) is 15.9. The van der Waals surface area contributed by atoms with Gasteiger partial charge in [0.15, 0.2) is 5.69 Å². The van der Waals surface area contributed by atoms with E-state index in [1.54, 1.807) is 7.11 Å². The highest BCUT2D eigenvalue weighted by Gasteiger charge is 2.31. The minimum atomic E-state index is -0.0399. The molecule has 0 saturated carbocycles. The first-order chi connectivity index (χ1) is 17.7. The van der Waals surface area contributed by atoms with Gasteiger partial charge in [-0.1, -0.05) is 45.0 Å². The summed E-state index contributed by atoms with van der Waals surface area (Å²) in [6.07, 6.45) is 2.86. The maximum atomic E-state index is 13.4. The second-order valence-electron chi connectivity index (χ2n) is 11.4. The number of nitrogens with zero attached hydrogens (tertiary/aromatic N) is 3. The summed E-state index contributed by atoms with van der Waals surface area (Å²) in [7, 11) is 1.74. The molecule has 2 atom stereocenters. The molecular formula is C29H43N5O3. The summed E-state index contributed by atoms with van der Waals surface area (Å²) in [6, 6.07) is 9.36. The van der Waals surface area contributed by atoms with E-state index in [-0.39, 0.29) is 17.4 Å². The molecule has 0 aliphatic carbocycles. The Balaban J connectivity index is 1.36. The zero-order chi connectivity index (χ0) is 26.6. The van der Waals surface area contributed by atoms with Crippen LogP contribution >= 0.6 is 0 Å². The lowest BCUT2D eigenvalue weighted by Crippen LogP contribution is -2.54. The van der Waals surface area contributed by atoms with Crippen molar-refractivity contribution >= 4 is 11.6 Å². The standard InChI is InChI=1S/C29H43N5O3/c1-19-26(30-17-21-7-9-22(10-8-21)29(3,4)5)20(2)32-33-27(19)28(35)34-14-11-23(12-15-34)31-24-13-16-37-18-25(24)36-6/h7-10,23-25,31H,11-18H2,1-6H3,(H,30,33). The van der Waals surface area contributed by atoms with Crippen LogP contribution in [0.2, 0.25) is 0 Å². The van der Waals surface area contributed by atoms with Gasteiger partial charge in [-0.2, -0.15) is 5.10 Å². The highest BCUT2D eigenvalue weighted by atomic mass is 16.5. The van der Waals surface area contributed by atoms with Crippen molar-refractivity contribution in [1.82, 2.24) is 20.4 Å². The number of rotatable bonds is 7. The van der Waals surface area contributed by atoms with Crippen LogP contribution < -0.4 is 10.6 Å². The average molecular weight is 510 g/mol. The number of aromatic nitrogens is 2. The Labute approximate surface area is 221 Å². The molecule has 0 radical (unpaired) electrons. The minimum Gasteiger partial charge on any atom is -0.379 e. The Bertz CT molecular complexity index is 1060. The van der Waals surface area contributed by atoms with E-state index >= 15 is 0 Å². The highest BCUT2D eigenvalue weighted by Crippen LogP contribution is 2.25. The Morgan fingerprint density at radius 2 is 1.81 bits per heavy atom. The van der Waals surface area contributed by atoms with Crippen LogP contribution in [0, 0.1) is 13.8 Å². The van der Waals surface area contributed by atoms with Gasteiger partial charge in [0, 0.05) is 51.0 Å². The third-order valence-corrected chi connectivity index (χ3v) is 7.72. The largest absolute Gasteiger partial charge is 0.379 e. The first-order valence-electron chi connectivity index (χ1n) is 13.5. The maximum Gasteiger partial charge on any atom is 0.274 e. The van der Waals surface area contributed by atoms with E-state index in [9.17, 15) is 4.79 Å². The third kappa shape index (κ3) is 6.67. The van der Waals surface area contributed by atoms with Crippen molar-refractivity contribution in [1.29, 1.82) is 0 Å². The van der Waals surface area contributed by atoms with Crippen molar-refractivity contribution in [3.05, 3.63) is 52.3 Å². The van der Waals surface area contributed by atoms with Gasteiger partial charge in [-0.3, -0.25) is 4.79 Å². The monoisotopic (exact) mass is 509 g/mol. The second kappa shape index (κ2) is 11.9. The summed E-state index contributed by atoms with van der Waals surface area (Å²) in [5.74, 6) is -0.0399. The van der Waals surface area contributed by atoms with Crippen LogP contribution in [0.1, 0.15) is 72.9 Å². The number of hydrogen-bond acceptors (Lipinski definition) is 7. The maximum absolute atomic E-state index is 13.4. The topological polar surface area (TPSA) is 88.6 Å². The van der Waals surface area contributed by atoms with Crippen molar-refractivity contribution in [2.75, 3.05) is 38.7 Å². The number of nitrogens with one attached hydrogen (secondary N) is 2. The molecule has 1 amide bonds. The van der Waals surface area contributed by atoms with Crippen LogP contribution in [0.3, 0.4) is 0 Å². The lowest BCUT2D eigenvalue weighted by Gasteiger charge is -2.38. The van der Waals surface area contributed by atoms with Gasteiger partial charge in [0.05, 0.1) is 24.1 Å². The zero-order valence-corrected chi connectivity index (χ0v) is 23.3. The van der Waals surface area contributed by atoms with Crippen LogP contribution in [-0.4, -0.2) is 72.6 Å². The number of amides is 1. The van der Waals surface area contributed by atoms with Crippen LogP contribution in [0.4, 0.5) is 5.69 Å². The van der Waals surface area contributed by atoms with Gasteiger partial charge in [-0.05, 0) is 49.7 Å². The smallest absolute Gasteiger partial charge is 0.274 e. The van der Waals surface area contributed by atoms with Gasteiger partial charge in [0.2, 0.25) is 0 Å². The van der Waals surface area contributed by atoms with Crippen LogP contribution in [0.25, 0.3) is 0 Å². The van der Waals surface area contributed by atoms with Gasteiger partial charge in [0.25, 0.3) is 5.91 Å². The van der Waals surface area contributed by atoms with E-state index in [0.29, 0.717) is 44.0 Å². The van der Waals surface area contributed by atoms with Crippen molar-refractivity contribution in [3.8, 4) is 0 Å². The number of carbonyl (C=O) groups excluding carboxylic acids is 1. The molecule has 2 N–H and O–H groups in total. The van der Waals surface area contributed by atoms with Gasteiger partial charge in [0.1, 0.15) is 0 Å². The van der Waals surface area contributed by atoms with Gasteiger partial charge < -0.3 is 25.0 Å². The van der Waals surface area contributed by atoms with E-state index in [1.165, 1.54) is 11.1 Å². The number of carbonyl (C=O) groups is 1. The molecule has 202 valence electrons. The lowest BCUT2D eigenvalue weighted by molar-refractivity contribution is -0.0533. The van der Waals surface area contributed by atoms with Crippen LogP contribution in [0.5, 0.6) is 0 Å². The van der Waals surface area contributed by atoms with E-state index in [4.69, 9.17) is 9.47 Å². The molecule has 4 rings (SSSR count). The predicted molar refractivity (Wildman–Crippen MR) is 146 cm³/mol. The number of benzene rings is 1. The van der Waals surface area contributed by atoms with E-state index in [2.05, 4.69) is 65.9 Å². The van der Waals surface area contributed by atoms with E-state index < -0.39 is 0 Å². The Hall–Kier alpha value is -2.55. The van der Waals surface area contributed by atoms with Gasteiger partial charge in [-0.15, -0.1) is 5.10 Å². The molecule has 0 spiro atoms. The molecule has 0 bridgehead atoms. The fourth-order valence-corrected chi connectivity index (χ4v) is 5.25. The molecule has 8 nitrogen and oxygen atoms in total. The normalized spacial score (nSPS) is 21.2. The number of anilines is 1. The van der Waals surface area contributed by atoms with E-state index in [0.717, 1.165) is 42.8 Å². The quantitative estimate of drug-likeness (QED) is 0.583. The molecule has 2 unspecified atom stereocenters. The summed E-state index contributed by atoms with van der Waals surface area (Å²) >= 11 is 0. The molecule has 1 aromatic heterocycles. The van der Waals surface area contributed by atoms with Crippen LogP contribution in [0.15, 0.2) is 24.3 Å². The van der Waals surface area contributed by atoms with Crippen LogP contribution in [-0.2, 0) is 21.4 Å². The molecule has 2 aliphatic heterocycles. The fraction of sp³-hybridized carbons (Fsp3) is 0.621.